The van der Waals surface area contributed by atoms with Crippen molar-refractivity contribution in [1.29, 1.82) is 0 Å². The highest BCUT2D eigenvalue weighted by Gasteiger charge is 2.07. The lowest BCUT2D eigenvalue weighted by Crippen LogP contribution is -2.11. The summed E-state index contributed by atoms with van der Waals surface area (Å²) >= 11 is 3.16. The van der Waals surface area contributed by atoms with Crippen molar-refractivity contribution in [2.75, 3.05) is 0 Å². The minimum atomic E-state index is -0.179. The summed E-state index contributed by atoms with van der Waals surface area (Å²) < 4.78 is 2.13. The van der Waals surface area contributed by atoms with Gasteiger partial charge in [0.15, 0.2) is 0 Å². The van der Waals surface area contributed by atoms with Crippen LogP contribution in [0.2, 0.25) is 0 Å². The Morgan fingerprint density at radius 3 is 2.80 bits per heavy atom. The van der Waals surface area contributed by atoms with Crippen molar-refractivity contribution in [3.8, 4) is 11.4 Å². The predicted molar refractivity (Wildman–Crippen MR) is 59.5 cm³/mol. The van der Waals surface area contributed by atoms with Gasteiger partial charge < -0.3 is 4.98 Å². The third kappa shape index (κ3) is 1.85. The first-order chi connectivity index (χ1) is 7.08. The smallest absolute Gasteiger partial charge is 0.265 e. The first-order valence-corrected chi connectivity index (χ1v) is 5.12. The van der Waals surface area contributed by atoms with Crippen LogP contribution in [0.3, 0.4) is 0 Å². The van der Waals surface area contributed by atoms with Crippen molar-refractivity contribution in [3.05, 3.63) is 32.9 Å². The Hall–Kier alpha value is -1.43. The topological polar surface area (TPSA) is 63.6 Å². The number of halogens is 1. The minimum Gasteiger partial charge on any atom is -0.305 e. The fraction of sp³-hybridized carbons (Fsp3) is 0.222. The van der Waals surface area contributed by atoms with Crippen LogP contribution in [-0.2, 0) is 7.05 Å². The molecule has 0 saturated carbocycles. The van der Waals surface area contributed by atoms with Gasteiger partial charge in [-0.1, -0.05) is 0 Å². The van der Waals surface area contributed by atoms with Crippen molar-refractivity contribution in [1.82, 2.24) is 19.7 Å². The summed E-state index contributed by atoms with van der Waals surface area (Å²) in [6.07, 6.45) is 3.46. The average Bonchev–Trinajstić information content (AvgIpc) is 2.60. The molecular formula is C9H9BrN4O. The van der Waals surface area contributed by atoms with E-state index in [0.717, 1.165) is 5.56 Å². The lowest BCUT2D eigenvalue weighted by atomic mass is 10.3. The van der Waals surface area contributed by atoms with Gasteiger partial charge in [-0.25, -0.2) is 4.98 Å². The molecule has 0 aromatic carbocycles. The number of nitrogens with one attached hydrogen (secondary N) is 1. The van der Waals surface area contributed by atoms with Gasteiger partial charge >= 0.3 is 0 Å². The van der Waals surface area contributed by atoms with Crippen LogP contribution in [0.1, 0.15) is 5.69 Å². The average molecular weight is 269 g/mol. The van der Waals surface area contributed by atoms with E-state index in [0.29, 0.717) is 16.0 Å². The second kappa shape index (κ2) is 3.62. The molecule has 0 radical (unpaired) electrons. The number of nitrogens with zero attached hydrogens (tertiary/aromatic N) is 3. The van der Waals surface area contributed by atoms with Crippen LogP contribution in [0.15, 0.2) is 21.7 Å². The Kier molecular flexibility index (Phi) is 2.44. The van der Waals surface area contributed by atoms with E-state index in [4.69, 9.17) is 0 Å². The van der Waals surface area contributed by atoms with Crippen molar-refractivity contribution < 1.29 is 0 Å². The highest BCUT2D eigenvalue weighted by atomic mass is 79.9. The quantitative estimate of drug-likeness (QED) is 0.847. The summed E-state index contributed by atoms with van der Waals surface area (Å²) in [7, 11) is 1.81. The number of hydrogen-bond acceptors (Lipinski definition) is 3. The van der Waals surface area contributed by atoms with Crippen LogP contribution < -0.4 is 5.56 Å². The van der Waals surface area contributed by atoms with Gasteiger partial charge in [0.1, 0.15) is 10.3 Å². The standard InChI is InChI=1S/C9H9BrN4O/c1-5-7(10)9(15)13-8(12-5)6-3-11-14(2)4-6/h3-4H,1-2H3,(H,12,13,15). The molecule has 2 rings (SSSR count). The Balaban J connectivity index is 2.60. The van der Waals surface area contributed by atoms with Crippen LogP contribution in [0.5, 0.6) is 0 Å². The molecular weight excluding hydrogens is 260 g/mol. The summed E-state index contributed by atoms with van der Waals surface area (Å²) in [6.45, 7) is 1.78. The molecule has 0 aliphatic rings. The maximum absolute atomic E-state index is 11.5. The van der Waals surface area contributed by atoms with E-state index in [9.17, 15) is 4.79 Å². The normalized spacial score (nSPS) is 10.6. The van der Waals surface area contributed by atoms with E-state index in [1.54, 1.807) is 24.0 Å². The number of aromatic amines is 1. The van der Waals surface area contributed by atoms with Crippen molar-refractivity contribution in [3.63, 3.8) is 0 Å². The summed E-state index contributed by atoms with van der Waals surface area (Å²) in [5, 5.41) is 4.02. The monoisotopic (exact) mass is 268 g/mol. The summed E-state index contributed by atoms with van der Waals surface area (Å²) in [5.74, 6) is 0.536. The molecule has 1 N–H and O–H groups in total. The molecule has 78 valence electrons. The zero-order valence-corrected chi connectivity index (χ0v) is 9.87. The van der Waals surface area contributed by atoms with E-state index in [1.807, 2.05) is 7.05 Å². The van der Waals surface area contributed by atoms with Gasteiger partial charge in [0.2, 0.25) is 0 Å². The van der Waals surface area contributed by atoms with E-state index in [1.165, 1.54) is 0 Å². The van der Waals surface area contributed by atoms with Gasteiger partial charge in [-0.05, 0) is 22.9 Å². The number of H-pyrrole nitrogens is 1. The van der Waals surface area contributed by atoms with Crippen LogP contribution in [0.4, 0.5) is 0 Å². The molecule has 6 heteroatoms. The Morgan fingerprint density at radius 1 is 1.53 bits per heavy atom. The fourth-order valence-corrected chi connectivity index (χ4v) is 1.44. The molecule has 0 spiro atoms. The molecule has 0 unspecified atom stereocenters. The highest BCUT2D eigenvalue weighted by molar-refractivity contribution is 9.10. The van der Waals surface area contributed by atoms with E-state index in [2.05, 4.69) is 31.0 Å². The zero-order chi connectivity index (χ0) is 11.0. The predicted octanol–water partition coefficient (Wildman–Crippen LogP) is 1.24. The molecule has 5 nitrogen and oxygen atoms in total. The van der Waals surface area contributed by atoms with Crippen LogP contribution in [0.25, 0.3) is 11.4 Å². The number of hydrogen-bond donors (Lipinski definition) is 1. The van der Waals surface area contributed by atoms with Gasteiger partial charge in [0.25, 0.3) is 5.56 Å². The molecule has 2 aromatic heterocycles. The number of aromatic nitrogens is 4. The van der Waals surface area contributed by atoms with Crippen LogP contribution >= 0.6 is 15.9 Å². The molecule has 0 amide bonds. The fourth-order valence-electron chi connectivity index (χ4n) is 1.25. The van der Waals surface area contributed by atoms with Gasteiger partial charge in [-0.3, -0.25) is 9.48 Å². The molecule has 2 heterocycles. The molecule has 2 aromatic rings. The Morgan fingerprint density at radius 2 is 2.27 bits per heavy atom. The second-order valence-corrected chi connectivity index (χ2v) is 4.01. The van der Waals surface area contributed by atoms with Crippen molar-refractivity contribution in [2.45, 2.75) is 6.92 Å². The molecule has 0 saturated heterocycles. The van der Waals surface area contributed by atoms with Gasteiger partial charge in [0, 0.05) is 13.2 Å². The third-order valence-electron chi connectivity index (χ3n) is 2.01. The van der Waals surface area contributed by atoms with Crippen molar-refractivity contribution >= 4 is 15.9 Å². The SMILES string of the molecule is Cc1nc(-c2cnn(C)c2)[nH]c(=O)c1Br. The van der Waals surface area contributed by atoms with Gasteiger partial charge in [-0.2, -0.15) is 5.10 Å². The third-order valence-corrected chi connectivity index (χ3v) is 2.94. The summed E-state index contributed by atoms with van der Waals surface area (Å²) in [5.41, 5.74) is 1.28. The molecule has 0 aliphatic heterocycles. The lowest BCUT2D eigenvalue weighted by Gasteiger charge is -2.00. The van der Waals surface area contributed by atoms with Crippen molar-refractivity contribution in [2.24, 2.45) is 7.05 Å². The summed E-state index contributed by atoms with van der Waals surface area (Å²) in [6, 6.07) is 0. The zero-order valence-electron chi connectivity index (χ0n) is 8.28. The molecule has 0 aliphatic carbocycles. The van der Waals surface area contributed by atoms with E-state index < -0.39 is 0 Å². The first-order valence-electron chi connectivity index (χ1n) is 4.33. The molecule has 15 heavy (non-hydrogen) atoms. The Bertz CT molecular complexity index is 557. The molecule has 0 bridgehead atoms. The number of rotatable bonds is 1. The largest absolute Gasteiger partial charge is 0.305 e. The maximum atomic E-state index is 11.5. The van der Waals surface area contributed by atoms with Crippen LogP contribution in [-0.4, -0.2) is 19.7 Å². The van der Waals surface area contributed by atoms with Gasteiger partial charge in [0.05, 0.1) is 17.5 Å². The minimum absolute atomic E-state index is 0.179. The first kappa shape index (κ1) is 10.1. The summed E-state index contributed by atoms with van der Waals surface area (Å²) in [4.78, 5) is 18.4. The highest BCUT2D eigenvalue weighted by Crippen LogP contribution is 2.14. The van der Waals surface area contributed by atoms with Gasteiger partial charge in [-0.15, -0.1) is 0 Å². The number of aryl methyl sites for hydroxylation is 2. The Labute approximate surface area is 94.3 Å². The van der Waals surface area contributed by atoms with Crippen LogP contribution in [0, 0.1) is 6.92 Å². The second-order valence-electron chi connectivity index (χ2n) is 3.22. The molecule has 0 fully saturated rings. The van der Waals surface area contributed by atoms with E-state index in [-0.39, 0.29) is 5.56 Å². The van der Waals surface area contributed by atoms with E-state index >= 15 is 0 Å². The maximum Gasteiger partial charge on any atom is 0.265 e. The lowest BCUT2D eigenvalue weighted by molar-refractivity contribution is 0.768. The molecule has 0 atom stereocenters.